The van der Waals surface area contributed by atoms with Crippen LogP contribution in [0.2, 0.25) is 0 Å². The fourth-order valence-corrected chi connectivity index (χ4v) is 3.76. The third kappa shape index (κ3) is 7.63. The minimum Gasteiger partial charge on any atom is -0.352 e. The Labute approximate surface area is 214 Å². The predicted molar refractivity (Wildman–Crippen MR) is 146 cm³/mol. The van der Waals surface area contributed by atoms with Crippen LogP contribution in [0.1, 0.15) is 53.0 Å². The SMILES string of the molecule is C/C=C\C=C(/C)C(=O)NCC[C@H](Cc1ccccc1)N(C)C(=O)c1cc2cc(F)cc(F)c2[nH]1.CC.[HH].[HH]. The van der Waals surface area contributed by atoms with Crippen LogP contribution in [-0.2, 0) is 11.2 Å². The number of carbonyl (C=O) groups is 2. The van der Waals surface area contributed by atoms with Gasteiger partial charge in [0.25, 0.3) is 5.91 Å². The first-order valence-corrected chi connectivity index (χ1v) is 12.2. The van der Waals surface area contributed by atoms with Crippen LogP contribution in [0, 0.1) is 11.6 Å². The molecule has 3 rings (SSSR count). The molecule has 0 aliphatic heterocycles. The molecule has 0 aliphatic rings. The number of hydrogen-bond acceptors (Lipinski definition) is 2. The number of likely N-dealkylation sites (N-methyl/N-ethyl adjacent to an activating group) is 1. The molecule has 7 heteroatoms. The molecule has 196 valence electrons. The second-order valence-electron chi connectivity index (χ2n) is 8.21. The molecule has 2 aromatic carbocycles. The third-order valence-electron chi connectivity index (χ3n) is 5.72. The molecule has 0 bridgehead atoms. The lowest BCUT2D eigenvalue weighted by Crippen LogP contribution is -2.41. The molecular formula is C29H39F2N3O2. The molecule has 5 nitrogen and oxygen atoms in total. The topological polar surface area (TPSA) is 65.2 Å². The Morgan fingerprint density at radius 1 is 1.14 bits per heavy atom. The maximum absolute atomic E-state index is 14.1. The normalized spacial score (nSPS) is 12.2. The van der Waals surface area contributed by atoms with Crippen molar-refractivity contribution in [3.05, 3.63) is 95.2 Å². The van der Waals surface area contributed by atoms with E-state index in [2.05, 4.69) is 10.3 Å². The Balaban J connectivity index is 0.00000334. The zero-order chi connectivity index (χ0) is 26.7. The second kappa shape index (κ2) is 14.0. The van der Waals surface area contributed by atoms with Gasteiger partial charge in [-0.1, -0.05) is 62.4 Å². The van der Waals surface area contributed by atoms with E-state index in [1.807, 2.05) is 57.2 Å². The van der Waals surface area contributed by atoms with E-state index in [9.17, 15) is 18.4 Å². The molecule has 0 spiro atoms. The van der Waals surface area contributed by atoms with Crippen LogP contribution in [0.4, 0.5) is 8.78 Å². The van der Waals surface area contributed by atoms with Gasteiger partial charge in [-0.2, -0.15) is 0 Å². The number of nitrogens with zero attached hydrogens (tertiary/aromatic N) is 1. The highest BCUT2D eigenvalue weighted by Crippen LogP contribution is 2.22. The van der Waals surface area contributed by atoms with E-state index < -0.39 is 11.6 Å². The number of allylic oxidation sites excluding steroid dienone is 3. The van der Waals surface area contributed by atoms with Gasteiger partial charge in [0.1, 0.15) is 17.3 Å². The average Bonchev–Trinajstić information content (AvgIpc) is 3.32. The molecule has 0 saturated carbocycles. The van der Waals surface area contributed by atoms with E-state index in [4.69, 9.17) is 0 Å². The number of nitrogens with one attached hydrogen (secondary N) is 2. The van der Waals surface area contributed by atoms with Crippen LogP contribution < -0.4 is 5.32 Å². The number of benzene rings is 2. The molecule has 0 radical (unpaired) electrons. The average molecular weight is 500 g/mol. The Bertz CT molecular complexity index is 1230. The van der Waals surface area contributed by atoms with Crippen molar-refractivity contribution in [2.45, 2.75) is 46.6 Å². The Kier molecular flexibility index (Phi) is 11.1. The van der Waals surface area contributed by atoms with Crippen molar-refractivity contribution in [2.24, 2.45) is 0 Å². The summed E-state index contributed by atoms with van der Waals surface area (Å²) in [5, 5.41) is 3.19. The van der Waals surface area contributed by atoms with E-state index in [1.165, 1.54) is 12.1 Å². The van der Waals surface area contributed by atoms with Gasteiger partial charge < -0.3 is 15.2 Å². The van der Waals surface area contributed by atoms with E-state index in [0.29, 0.717) is 30.3 Å². The standard InChI is InChI=1S/C27H29F2N3O2.C2H6.2H2/c1-4-5-9-18(2)26(33)30-13-12-22(14-19-10-7-6-8-11-19)32(3)27(34)24-16-20-15-21(28)17-23(29)25(20)31-24;1-2;;/h4-11,15-17,22,31H,12-14H2,1-3H3,(H,30,33);1-2H3;2*1H/b5-4-,18-9+;;;/t22-;;;/m1.../s1. The number of H-pyrrole nitrogens is 1. The van der Waals surface area contributed by atoms with Crippen LogP contribution in [0.3, 0.4) is 0 Å². The van der Waals surface area contributed by atoms with Gasteiger partial charge >= 0.3 is 0 Å². The van der Waals surface area contributed by atoms with Gasteiger partial charge in [-0.3, -0.25) is 9.59 Å². The van der Waals surface area contributed by atoms with Crippen LogP contribution in [0.5, 0.6) is 0 Å². The summed E-state index contributed by atoms with van der Waals surface area (Å²) >= 11 is 0. The number of carbonyl (C=O) groups excluding carboxylic acids is 2. The molecule has 0 saturated heterocycles. The summed E-state index contributed by atoms with van der Waals surface area (Å²) in [5.41, 5.74) is 1.91. The van der Waals surface area contributed by atoms with E-state index in [-0.39, 0.29) is 31.9 Å². The van der Waals surface area contributed by atoms with E-state index in [1.54, 1.807) is 31.0 Å². The molecular weight excluding hydrogens is 460 g/mol. The van der Waals surface area contributed by atoms with Crippen LogP contribution in [0.15, 0.2) is 72.3 Å². The molecule has 0 fully saturated rings. The van der Waals surface area contributed by atoms with Gasteiger partial charge in [-0.05, 0) is 44.4 Å². The van der Waals surface area contributed by atoms with Gasteiger partial charge in [0, 0.05) is 39.5 Å². The highest BCUT2D eigenvalue weighted by Gasteiger charge is 2.24. The molecule has 1 aromatic heterocycles. The van der Waals surface area contributed by atoms with E-state index in [0.717, 1.165) is 11.6 Å². The Hall–Kier alpha value is -3.74. The van der Waals surface area contributed by atoms with Gasteiger partial charge in [-0.25, -0.2) is 8.78 Å². The van der Waals surface area contributed by atoms with Crippen molar-refractivity contribution in [1.29, 1.82) is 0 Å². The summed E-state index contributed by atoms with van der Waals surface area (Å²) in [5.74, 6) is -1.96. The number of amides is 2. The number of fused-ring (bicyclic) bond motifs is 1. The zero-order valence-electron chi connectivity index (χ0n) is 21.6. The molecule has 0 unspecified atom stereocenters. The molecule has 3 aromatic rings. The summed E-state index contributed by atoms with van der Waals surface area (Å²) < 4.78 is 27.7. The van der Waals surface area contributed by atoms with Crippen molar-refractivity contribution in [1.82, 2.24) is 15.2 Å². The molecule has 2 N–H and O–H groups in total. The first-order valence-electron chi connectivity index (χ1n) is 12.2. The second-order valence-corrected chi connectivity index (χ2v) is 8.21. The Morgan fingerprint density at radius 2 is 1.83 bits per heavy atom. The maximum Gasteiger partial charge on any atom is 0.270 e. The first-order chi connectivity index (χ1) is 17.3. The lowest BCUT2D eigenvalue weighted by Gasteiger charge is -2.28. The lowest BCUT2D eigenvalue weighted by molar-refractivity contribution is -0.117. The fraction of sp³-hybridized carbons (Fsp3) is 0.310. The zero-order valence-corrected chi connectivity index (χ0v) is 21.6. The first kappa shape index (κ1) is 28.5. The quantitative estimate of drug-likeness (QED) is 0.255. The molecule has 0 aliphatic carbocycles. The number of aromatic nitrogens is 1. The van der Waals surface area contributed by atoms with E-state index >= 15 is 0 Å². The van der Waals surface area contributed by atoms with Gasteiger partial charge in [-0.15, -0.1) is 0 Å². The number of hydrogen-bond donors (Lipinski definition) is 2. The minimum absolute atomic E-state index is 0. The molecule has 1 heterocycles. The van der Waals surface area contributed by atoms with Crippen molar-refractivity contribution in [3.63, 3.8) is 0 Å². The molecule has 2 amide bonds. The van der Waals surface area contributed by atoms with Gasteiger partial charge in [0.05, 0.1) is 5.52 Å². The molecule has 1 atom stereocenters. The van der Waals surface area contributed by atoms with Crippen LogP contribution in [-0.4, -0.2) is 41.3 Å². The molecule has 36 heavy (non-hydrogen) atoms. The smallest absolute Gasteiger partial charge is 0.270 e. The summed E-state index contributed by atoms with van der Waals surface area (Å²) in [6, 6.07) is 12.9. The van der Waals surface area contributed by atoms with Crippen molar-refractivity contribution in [3.8, 4) is 0 Å². The maximum atomic E-state index is 14.1. The largest absolute Gasteiger partial charge is 0.352 e. The summed E-state index contributed by atoms with van der Waals surface area (Å²) in [6.07, 6.45) is 6.48. The van der Waals surface area contributed by atoms with Crippen molar-refractivity contribution < 1.29 is 21.2 Å². The van der Waals surface area contributed by atoms with Crippen LogP contribution in [0.25, 0.3) is 10.9 Å². The van der Waals surface area contributed by atoms with Gasteiger partial charge in [0.15, 0.2) is 0 Å². The number of aromatic amines is 1. The summed E-state index contributed by atoms with van der Waals surface area (Å²) in [4.78, 5) is 29.9. The van der Waals surface area contributed by atoms with Crippen molar-refractivity contribution in [2.75, 3.05) is 13.6 Å². The minimum atomic E-state index is -0.749. The fourth-order valence-electron chi connectivity index (χ4n) is 3.76. The lowest BCUT2D eigenvalue weighted by atomic mass is 10.0. The van der Waals surface area contributed by atoms with Crippen LogP contribution >= 0.6 is 0 Å². The summed E-state index contributed by atoms with van der Waals surface area (Å²) in [7, 11) is 1.68. The highest BCUT2D eigenvalue weighted by molar-refractivity contribution is 5.98. The Morgan fingerprint density at radius 3 is 2.50 bits per heavy atom. The monoisotopic (exact) mass is 499 g/mol. The third-order valence-corrected chi connectivity index (χ3v) is 5.72. The number of halogens is 2. The number of rotatable bonds is 9. The van der Waals surface area contributed by atoms with Crippen molar-refractivity contribution >= 4 is 22.7 Å². The van der Waals surface area contributed by atoms with Gasteiger partial charge in [0.2, 0.25) is 5.91 Å². The summed E-state index contributed by atoms with van der Waals surface area (Å²) in [6.45, 7) is 7.99. The highest BCUT2D eigenvalue weighted by atomic mass is 19.1. The predicted octanol–water partition coefficient (Wildman–Crippen LogP) is 6.68.